The van der Waals surface area contributed by atoms with Crippen LogP contribution < -0.4 is 10.0 Å². The molecule has 5 nitrogen and oxygen atoms in total. The van der Waals surface area contributed by atoms with E-state index in [1.54, 1.807) is 49.4 Å². The van der Waals surface area contributed by atoms with Gasteiger partial charge in [-0.05, 0) is 42.8 Å². The van der Waals surface area contributed by atoms with E-state index in [1.165, 1.54) is 12.1 Å². The topological polar surface area (TPSA) is 75.3 Å². The van der Waals surface area contributed by atoms with Crippen molar-refractivity contribution in [2.75, 3.05) is 11.3 Å². The lowest BCUT2D eigenvalue weighted by molar-refractivity contribution is 0.0958. The van der Waals surface area contributed by atoms with Gasteiger partial charge in [-0.25, -0.2) is 8.42 Å². The molecular formula is C17H18N2O3S. The van der Waals surface area contributed by atoms with E-state index in [0.29, 0.717) is 23.4 Å². The summed E-state index contributed by atoms with van der Waals surface area (Å²) in [6.45, 7) is 5.65. The monoisotopic (exact) mass is 330 g/mol. The molecule has 0 saturated heterocycles. The maximum absolute atomic E-state index is 12.3. The molecule has 2 N–H and O–H groups in total. The standard InChI is InChI=1S/C17H18N2O3S/c1-3-11-18-17(20)14-9-10-16(13(2)12-14)19-23(21,22)15-7-5-4-6-8-15/h3-10,12,19H,1,11H2,2H3,(H,18,20). The molecule has 6 heteroatoms. The first-order chi connectivity index (χ1) is 10.9. The smallest absolute Gasteiger partial charge is 0.261 e. The van der Waals surface area contributed by atoms with Gasteiger partial charge in [-0.3, -0.25) is 9.52 Å². The SMILES string of the molecule is C=CCNC(=O)c1ccc(NS(=O)(=O)c2ccccc2)c(C)c1. The van der Waals surface area contributed by atoms with Gasteiger partial charge >= 0.3 is 0 Å². The predicted molar refractivity (Wildman–Crippen MR) is 91.0 cm³/mol. The summed E-state index contributed by atoms with van der Waals surface area (Å²) in [6, 6.07) is 12.9. The fourth-order valence-corrected chi connectivity index (χ4v) is 3.14. The minimum Gasteiger partial charge on any atom is -0.349 e. The summed E-state index contributed by atoms with van der Waals surface area (Å²) >= 11 is 0. The number of carbonyl (C=O) groups excluding carboxylic acids is 1. The Labute approximate surface area is 136 Å². The van der Waals surface area contributed by atoms with Crippen LogP contribution in [0.5, 0.6) is 0 Å². The Bertz CT molecular complexity index is 815. The van der Waals surface area contributed by atoms with E-state index in [4.69, 9.17) is 0 Å². The maximum atomic E-state index is 12.3. The van der Waals surface area contributed by atoms with E-state index < -0.39 is 10.0 Å². The number of aryl methyl sites for hydroxylation is 1. The fourth-order valence-electron chi connectivity index (χ4n) is 1.99. The summed E-state index contributed by atoms with van der Waals surface area (Å²) in [4.78, 5) is 12.1. The van der Waals surface area contributed by atoms with Crippen molar-refractivity contribution in [1.29, 1.82) is 0 Å². The second kappa shape index (κ2) is 7.11. The lowest BCUT2D eigenvalue weighted by atomic mass is 10.1. The Morgan fingerprint density at radius 1 is 1.17 bits per heavy atom. The maximum Gasteiger partial charge on any atom is 0.261 e. The van der Waals surface area contributed by atoms with E-state index in [9.17, 15) is 13.2 Å². The molecule has 0 radical (unpaired) electrons. The summed E-state index contributed by atoms with van der Waals surface area (Å²) in [6.07, 6.45) is 1.59. The first kappa shape index (κ1) is 16.8. The number of benzene rings is 2. The zero-order valence-corrected chi connectivity index (χ0v) is 13.6. The summed E-state index contributed by atoms with van der Waals surface area (Å²) in [7, 11) is -3.65. The zero-order chi connectivity index (χ0) is 16.9. The van der Waals surface area contributed by atoms with Crippen LogP contribution >= 0.6 is 0 Å². The van der Waals surface area contributed by atoms with Crippen LogP contribution in [0.15, 0.2) is 66.1 Å². The van der Waals surface area contributed by atoms with Gasteiger partial charge in [-0.2, -0.15) is 0 Å². The second-order valence-electron chi connectivity index (χ2n) is 4.95. The summed E-state index contributed by atoms with van der Waals surface area (Å²) < 4.78 is 27.2. The van der Waals surface area contributed by atoms with Crippen LogP contribution in [0.3, 0.4) is 0 Å². The molecule has 0 aliphatic carbocycles. The molecule has 0 unspecified atom stereocenters. The zero-order valence-electron chi connectivity index (χ0n) is 12.7. The van der Waals surface area contributed by atoms with Crippen LogP contribution in [0, 0.1) is 6.92 Å². The molecule has 1 amide bonds. The Morgan fingerprint density at radius 2 is 1.87 bits per heavy atom. The van der Waals surface area contributed by atoms with Gasteiger partial charge in [0, 0.05) is 12.1 Å². The van der Waals surface area contributed by atoms with Crippen LogP contribution in [0.25, 0.3) is 0 Å². The van der Waals surface area contributed by atoms with E-state index in [2.05, 4.69) is 16.6 Å². The number of sulfonamides is 1. The largest absolute Gasteiger partial charge is 0.349 e. The van der Waals surface area contributed by atoms with Crippen LogP contribution in [0.1, 0.15) is 15.9 Å². The third-order valence-corrected chi connectivity index (χ3v) is 4.57. The third-order valence-electron chi connectivity index (χ3n) is 3.19. The molecule has 0 heterocycles. The molecule has 0 aliphatic rings. The number of hydrogen-bond donors (Lipinski definition) is 2. The van der Waals surface area contributed by atoms with Crippen molar-refractivity contribution in [3.63, 3.8) is 0 Å². The van der Waals surface area contributed by atoms with E-state index in [-0.39, 0.29) is 10.8 Å². The van der Waals surface area contributed by atoms with Gasteiger partial charge in [-0.1, -0.05) is 24.3 Å². The molecule has 0 fully saturated rings. The van der Waals surface area contributed by atoms with Crippen LogP contribution in [-0.4, -0.2) is 20.9 Å². The van der Waals surface area contributed by atoms with Crippen LogP contribution in [0.4, 0.5) is 5.69 Å². The second-order valence-corrected chi connectivity index (χ2v) is 6.63. The minimum atomic E-state index is -3.65. The minimum absolute atomic E-state index is 0.187. The molecule has 0 bridgehead atoms. The van der Waals surface area contributed by atoms with Crippen molar-refractivity contribution in [3.05, 3.63) is 72.3 Å². The van der Waals surface area contributed by atoms with Crippen LogP contribution in [0.2, 0.25) is 0 Å². The van der Waals surface area contributed by atoms with Gasteiger partial charge in [0.25, 0.3) is 15.9 Å². The van der Waals surface area contributed by atoms with Gasteiger partial charge in [0.2, 0.25) is 0 Å². The summed E-state index contributed by atoms with van der Waals surface area (Å²) in [5, 5.41) is 2.67. The van der Waals surface area contributed by atoms with Crippen molar-refractivity contribution < 1.29 is 13.2 Å². The number of amides is 1. The molecule has 0 spiro atoms. The van der Waals surface area contributed by atoms with E-state index in [0.717, 1.165) is 0 Å². The predicted octanol–water partition coefficient (Wildman–Crippen LogP) is 2.71. The highest BCUT2D eigenvalue weighted by Crippen LogP contribution is 2.20. The highest BCUT2D eigenvalue weighted by Gasteiger charge is 2.15. The average Bonchev–Trinajstić information content (AvgIpc) is 2.55. The number of nitrogens with one attached hydrogen (secondary N) is 2. The third kappa shape index (κ3) is 4.20. The van der Waals surface area contributed by atoms with Crippen molar-refractivity contribution in [2.45, 2.75) is 11.8 Å². The van der Waals surface area contributed by atoms with Crippen molar-refractivity contribution in [1.82, 2.24) is 5.32 Å². The lowest BCUT2D eigenvalue weighted by Crippen LogP contribution is -2.23. The molecular weight excluding hydrogens is 312 g/mol. The highest BCUT2D eigenvalue weighted by molar-refractivity contribution is 7.92. The molecule has 0 aliphatic heterocycles. The van der Waals surface area contributed by atoms with Gasteiger partial charge in [0.05, 0.1) is 10.6 Å². The first-order valence-corrected chi connectivity index (χ1v) is 8.50. The number of carbonyl (C=O) groups is 1. The Morgan fingerprint density at radius 3 is 2.48 bits per heavy atom. The normalized spacial score (nSPS) is 10.8. The van der Waals surface area contributed by atoms with Crippen molar-refractivity contribution in [3.8, 4) is 0 Å². The van der Waals surface area contributed by atoms with Gasteiger partial charge in [0.1, 0.15) is 0 Å². The van der Waals surface area contributed by atoms with Crippen molar-refractivity contribution >= 4 is 21.6 Å². The highest BCUT2D eigenvalue weighted by atomic mass is 32.2. The molecule has 0 saturated carbocycles. The molecule has 0 atom stereocenters. The Balaban J connectivity index is 2.22. The van der Waals surface area contributed by atoms with Crippen molar-refractivity contribution in [2.24, 2.45) is 0 Å². The van der Waals surface area contributed by atoms with Gasteiger partial charge in [0.15, 0.2) is 0 Å². The molecule has 2 aromatic carbocycles. The quantitative estimate of drug-likeness (QED) is 0.800. The van der Waals surface area contributed by atoms with E-state index in [1.807, 2.05) is 0 Å². The lowest BCUT2D eigenvalue weighted by Gasteiger charge is -2.12. The number of anilines is 1. The number of rotatable bonds is 6. The molecule has 2 aromatic rings. The average molecular weight is 330 g/mol. The van der Waals surface area contributed by atoms with Crippen LogP contribution in [-0.2, 0) is 10.0 Å². The summed E-state index contributed by atoms with van der Waals surface area (Å²) in [5.41, 5.74) is 1.57. The Kier molecular flexibility index (Phi) is 5.18. The number of hydrogen-bond acceptors (Lipinski definition) is 3. The molecule has 2 rings (SSSR count). The fraction of sp³-hybridized carbons (Fsp3) is 0.118. The summed E-state index contributed by atoms with van der Waals surface area (Å²) in [5.74, 6) is -0.231. The first-order valence-electron chi connectivity index (χ1n) is 7.01. The van der Waals surface area contributed by atoms with Gasteiger partial charge < -0.3 is 5.32 Å². The Hall–Kier alpha value is -2.60. The van der Waals surface area contributed by atoms with E-state index >= 15 is 0 Å². The molecule has 0 aromatic heterocycles. The molecule has 23 heavy (non-hydrogen) atoms. The molecule has 120 valence electrons. The van der Waals surface area contributed by atoms with Gasteiger partial charge in [-0.15, -0.1) is 6.58 Å².